The number of alkyl halides is 3. The van der Waals surface area contributed by atoms with Gasteiger partial charge in [0.15, 0.2) is 0 Å². The molecule has 1 heterocycles. The molecule has 1 N–H and O–H groups in total. The van der Waals surface area contributed by atoms with Crippen LogP contribution in [-0.2, 0) is 6.18 Å². The standard InChI is InChI=1S/C13H10F3N3O2S/c1-8-4-5-22-12(8)7-17-18-10-3-2-9(13(14,15)16)6-11(10)19(20)21/h2-7,18H,1H3/b17-7+. The lowest BCUT2D eigenvalue weighted by molar-refractivity contribution is -0.384. The minimum atomic E-state index is -4.64. The Labute approximate surface area is 127 Å². The molecule has 1 aromatic carbocycles. The molecule has 2 rings (SSSR count). The summed E-state index contributed by atoms with van der Waals surface area (Å²) < 4.78 is 37.7. The maximum Gasteiger partial charge on any atom is 0.416 e. The number of halogens is 3. The molecule has 1 aromatic heterocycles. The van der Waals surface area contributed by atoms with Crippen LogP contribution in [0.25, 0.3) is 0 Å². The SMILES string of the molecule is Cc1ccsc1/C=N/Nc1ccc(C(F)(F)F)cc1[N+](=O)[O-]. The zero-order valence-corrected chi connectivity index (χ0v) is 12.0. The molecule has 9 heteroatoms. The number of hydrazone groups is 1. The first-order valence-corrected chi connectivity index (χ1v) is 6.86. The summed E-state index contributed by atoms with van der Waals surface area (Å²) in [7, 11) is 0. The van der Waals surface area contributed by atoms with Crippen LogP contribution >= 0.6 is 11.3 Å². The summed E-state index contributed by atoms with van der Waals surface area (Å²) in [5.41, 5.74) is 1.52. The summed E-state index contributed by atoms with van der Waals surface area (Å²) in [6, 6.07) is 4.11. The molecule has 22 heavy (non-hydrogen) atoms. The van der Waals surface area contributed by atoms with Gasteiger partial charge < -0.3 is 0 Å². The van der Waals surface area contributed by atoms with Crippen molar-refractivity contribution < 1.29 is 18.1 Å². The van der Waals surface area contributed by atoms with Gasteiger partial charge >= 0.3 is 6.18 Å². The molecule has 0 spiro atoms. The van der Waals surface area contributed by atoms with Crippen LogP contribution in [0.1, 0.15) is 16.0 Å². The Bertz CT molecular complexity index is 726. The predicted molar refractivity (Wildman–Crippen MR) is 78.4 cm³/mol. The quantitative estimate of drug-likeness (QED) is 0.512. The van der Waals surface area contributed by atoms with Gasteiger partial charge in [0.1, 0.15) is 5.69 Å². The summed E-state index contributed by atoms with van der Waals surface area (Å²) in [6.45, 7) is 1.87. The smallest absolute Gasteiger partial charge is 0.272 e. The number of nitrogens with zero attached hydrogens (tertiary/aromatic N) is 2. The van der Waals surface area contributed by atoms with Gasteiger partial charge in [0.05, 0.1) is 16.7 Å². The summed E-state index contributed by atoms with van der Waals surface area (Å²) >= 11 is 1.43. The molecule has 0 atom stereocenters. The molecule has 0 amide bonds. The molecule has 116 valence electrons. The maximum atomic E-state index is 12.6. The van der Waals surface area contributed by atoms with Crippen molar-refractivity contribution in [1.82, 2.24) is 0 Å². The third kappa shape index (κ3) is 3.61. The van der Waals surface area contributed by atoms with Crippen molar-refractivity contribution in [2.75, 3.05) is 5.43 Å². The number of aryl methyl sites for hydroxylation is 1. The minimum Gasteiger partial charge on any atom is -0.272 e. The second-order valence-corrected chi connectivity index (χ2v) is 5.27. The van der Waals surface area contributed by atoms with E-state index < -0.39 is 22.4 Å². The molecule has 0 fully saturated rings. The Kier molecular flexibility index (Phi) is 4.45. The van der Waals surface area contributed by atoms with Gasteiger partial charge in [0.25, 0.3) is 5.69 Å². The highest BCUT2D eigenvalue weighted by atomic mass is 32.1. The lowest BCUT2D eigenvalue weighted by Crippen LogP contribution is -2.06. The van der Waals surface area contributed by atoms with E-state index in [4.69, 9.17) is 0 Å². The zero-order valence-electron chi connectivity index (χ0n) is 11.2. The number of nitro groups is 1. The van der Waals surface area contributed by atoms with Crippen molar-refractivity contribution in [3.63, 3.8) is 0 Å². The number of thiophene rings is 1. The molecule has 0 aliphatic rings. The van der Waals surface area contributed by atoms with Crippen molar-refractivity contribution in [1.29, 1.82) is 0 Å². The first kappa shape index (κ1) is 16.0. The fourth-order valence-electron chi connectivity index (χ4n) is 1.63. The Morgan fingerprint density at radius 1 is 1.36 bits per heavy atom. The van der Waals surface area contributed by atoms with E-state index in [1.807, 2.05) is 18.4 Å². The van der Waals surface area contributed by atoms with E-state index in [-0.39, 0.29) is 5.69 Å². The average Bonchev–Trinajstić information content (AvgIpc) is 2.83. The molecule has 0 saturated heterocycles. The molecular weight excluding hydrogens is 319 g/mol. The number of benzene rings is 1. The van der Waals surface area contributed by atoms with Crippen LogP contribution in [0.3, 0.4) is 0 Å². The molecule has 0 saturated carbocycles. The van der Waals surface area contributed by atoms with Crippen LogP contribution in [0.4, 0.5) is 24.5 Å². The van der Waals surface area contributed by atoms with Crippen molar-refractivity contribution in [2.45, 2.75) is 13.1 Å². The van der Waals surface area contributed by atoms with Gasteiger partial charge in [0.2, 0.25) is 0 Å². The van der Waals surface area contributed by atoms with Crippen LogP contribution < -0.4 is 5.43 Å². The van der Waals surface area contributed by atoms with Crippen LogP contribution in [-0.4, -0.2) is 11.1 Å². The number of anilines is 1. The highest BCUT2D eigenvalue weighted by Crippen LogP contribution is 2.34. The fourth-order valence-corrected chi connectivity index (χ4v) is 2.42. The summed E-state index contributed by atoms with van der Waals surface area (Å²) in [4.78, 5) is 10.9. The van der Waals surface area contributed by atoms with E-state index in [9.17, 15) is 23.3 Å². The van der Waals surface area contributed by atoms with Gasteiger partial charge in [-0.15, -0.1) is 11.3 Å². The van der Waals surface area contributed by atoms with Crippen molar-refractivity contribution in [3.05, 3.63) is 55.8 Å². The molecule has 0 aliphatic heterocycles. The van der Waals surface area contributed by atoms with E-state index >= 15 is 0 Å². The van der Waals surface area contributed by atoms with Crippen molar-refractivity contribution in [3.8, 4) is 0 Å². The minimum absolute atomic E-state index is 0.108. The first-order valence-electron chi connectivity index (χ1n) is 5.98. The highest BCUT2D eigenvalue weighted by molar-refractivity contribution is 7.11. The molecule has 0 aliphatic carbocycles. The lowest BCUT2D eigenvalue weighted by atomic mass is 10.1. The third-order valence-electron chi connectivity index (χ3n) is 2.79. The van der Waals surface area contributed by atoms with Crippen molar-refractivity contribution >= 4 is 28.9 Å². The fraction of sp³-hybridized carbons (Fsp3) is 0.154. The second kappa shape index (κ2) is 6.14. The molecule has 0 radical (unpaired) electrons. The Morgan fingerprint density at radius 3 is 2.64 bits per heavy atom. The first-order chi connectivity index (χ1) is 10.3. The number of nitrogens with one attached hydrogen (secondary N) is 1. The number of nitro benzene ring substituents is 1. The summed E-state index contributed by atoms with van der Waals surface area (Å²) in [5.74, 6) is 0. The number of hydrogen-bond acceptors (Lipinski definition) is 5. The third-order valence-corrected chi connectivity index (χ3v) is 3.74. The maximum absolute atomic E-state index is 12.6. The zero-order chi connectivity index (χ0) is 16.3. The lowest BCUT2D eigenvalue weighted by Gasteiger charge is -2.08. The molecule has 5 nitrogen and oxygen atoms in total. The van der Waals surface area contributed by atoms with Crippen LogP contribution in [0.5, 0.6) is 0 Å². The van der Waals surface area contributed by atoms with Gasteiger partial charge in [0, 0.05) is 10.9 Å². The summed E-state index contributed by atoms with van der Waals surface area (Å²) in [6.07, 6.45) is -3.18. The number of rotatable bonds is 4. The topological polar surface area (TPSA) is 67.5 Å². The van der Waals surface area contributed by atoms with Gasteiger partial charge in [-0.2, -0.15) is 18.3 Å². The van der Waals surface area contributed by atoms with Gasteiger partial charge in [-0.1, -0.05) is 0 Å². The summed E-state index contributed by atoms with van der Waals surface area (Å²) in [5, 5.41) is 16.6. The second-order valence-electron chi connectivity index (χ2n) is 4.32. The largest absolute Gasteiger partial charge is 0.416 e. The average molecular weight is 329 g/mol. The van der Waals surface area contributed by atoms with E-state index in [1.165, 1.54) is 17.6 Å². The van der Waals surface area contributed by atoms with Gasteiger partial charge in [-0.05, 0) is 36.1 Å². The predicted octanol–water partition coefficient (Wildman–Crippen LogP) is 4.43. The molecule has 2 aromatic rings. The van der Waals surface area contributed by atoms with Crippen LogP contribution in [0, 0.1) is 17.0 Å². The van der Waals surface area contributed by atoms with Crippen LogP contribution in [0.2, 0.25) is 0 Å². The van der Waals surface area contributed by atoms with Gasteiger partial charge in [-0.3, -0.25) is 15.5 Å². The van der Waals surface area contributed by atoms with Crippen molar-refractivity contribution in [2.24, 2.45) is 5.10 Å². The molecule has 0 bridgehead atoms. The Morgan fingerprint density at radius 2 is 2.09 bits per heavy atom. The van der Waals surface area contributed by atoms with E-state index in [2.05, 4.69) is 10.5 Å². The Balaban J connectivity index is 2.25. The van der Waals surface area contributed by atoms with E-state index in [0.717, 1.165) is 22.6 Å². The Hall–Kier alpha value is -2.42. The monoisotopic (exact) mass is 329 g/mol. The van der Waals surface area contributed by atoms with E-state index in [0.29, 0.717) is 6.07 Å². The highest BCUT2D eigenvalue weighted by Gasteiger charge is 2.33. The molecule has 0 unspecified atom stereocenters. The van der Waals surface area contributed by atoms with Gasteiger partial charge in [-0.25, -0.2) is 0 Å². The van der Waals surface area contributed by atoms with E-state index in [1.54, 1.807) is 0 Å². The number of hydrogen-bond donors (Lipinski definition) is 1. The van der Waals surface area contributed by atoms with Crippen LogP contribution in [0.15, 0.2) is 34.7 Å². The molecular formula is C13H10F3N3O2S. The normalized spacial score (nSPS) is 11.8.